The average Bonchev–Trinajstić information content (AvgIpc) is 2.19. The molecule has 0 spiro atoms. The van der Waals surface area contributed by atoms with Gasteiger partial charge >= 0.3 is 5.97 Å². The van der Waals surface area contributed by atoms with E-state index in [1.54, 1.807) is 24.3 Å². The first-order valence-electron chi connectivity index (χ1n) is 4.13. The molecule has 1 rings (SSSR count). The molecular weight excluding hydrogens is 182 g/mol. The lowest BCUT2D eigenvalue weighted by Crippen LogP contribution is -1.96. The molecule has 14 heavy (non-hydrogen) atoms. The van der Waals surface area contributed by atoms with Crippen molar-refractivity contribution in [3.8, 4) is 0 Å². The molecule has 0 saturated carbocycles. The van der Waals surface area contributed by atoms with Crippen LogP contribution in [0, 0.1) is 0 Å². The average molecular weight is 192 g/mol. The van der Waals surface area contributed by atoms with Crippen molar-refractivity contribution in [3.63, 3.8) is 0 Å². The number of hydrogen-bond acceptors (Lipinski definition) is 3. The van der Waals surface area contributed by atoms with Crippen LogP contribution in [0.4, 0.5) is 0 Å². The highest BCUT2D eigenvalue weighted by Gasteiger charge is 2.00. The van der Waals surface area contributed by atoms with Crippen LogP contribution in [0.2, 0.25) is 0 Å². The van der Waals surface area contributed by atoms with Gasteiger partial charge in [-0.1, -0.05) is 17.3 Å². The third-order valence-electron chi connectivity index (χ3n) is 1.80. The summed E-state index contributed by atoms with van der Waals surface area (Å²) in [6.07, 6.45) is 3.60. The summed E-state index contributed by atoms with van der Waals surface area (Å²) in [5.41, 5.74) is 1.26. The predicted molar refractivity (Wildman–Crippen MR) is 50.9 cm³/mol. The third-order valence-corrected chi connectivity index (χ3v) is 1.80. The molecule has 0 aliphatic heterocycles. The van der Waals surface area contributed by atoms with Gasteiger partial charge in [-0.15, -0.1) is 0 Å². The Bertz CT molecular complexity index is 330. The van der Waals surface area contributed by atoms with E-state index in [-0.39, 0.29) is 5.56 Å². The van der Waals surface area contributed by atoms with E-state index in [1.165, 1.54) is 0 Å². The minimum Gasteiger partial charge on any atom is -0.478 e. The first-order valence-corrected chi connectivity index (χ1v) is 4.13. The van der Waals surface area contributed by atoms with Crippen LogP contribution in [-0.2, 0) is 6.42 Å². The summed E-state index contributed by atoms with van der Waals surface area (Å²) in [7, 11) is 0. The van der Waals surface area contributed by atoms with Gasteiger partial charge in [0.2, 0.25) is 0 Å². The lowest BCUT2D eigenvalue weighted by Gasteiger charge is -1.98. The Morgan fingerprint density at radius 1 is 1.36 bits per heavy atom. The van der Waals surface area contributed by atoms with E-state index in [0.29, 0.717) is 12.8 Å². The quantitative estimate of drug-likeness (QED) is 0.433. The first kappa shape index (κ1) is 10.2. The fourth-order valence-corrected chi connectivity index (χ4v) is 1.06. The van der Waals surface area contributed by atoms with Crippen molar-refractivity contribution in [2.45, 2.75) is 12.8 Å². The second kappa shape index (κ2) is 5.01. The molecule has 0 aliphatic rings. The Morgan fingerprint density at radius 3 is 2.50 bits per heavy atom. The molecule has 1 aromatic carbocycles. The standard InChI is InChI=1S/C10H10NO3/c12-10(13)9-5-3-8(4-6-9)2-1-7-11-14/h3-6,14H,1-2H2,(H,12,13). The molecule has 0 aliphatic carbocycles. The van der Waals surface area contributed by atoms with Crippen molar-refractivity contribution in [2.75, 3.05) is 0 Å². The number of carboxylic acids is 1. The lowest BCUT2D eigenvalue weighted by molar-refractivity contribution is 0.0697. The highest BCUT2D eigenvalue weighted by Crippen LogP contribution is 2.06. The van der Waals surface area contributed by atoms with Gasteiger partial charge in [0.05, 0.1) is 5.56 Å². The largest absolute Gasteiger partial charge is 0.478 e. The summed E-state index contributed by atoms with van der Waals surface area (Å²) < 4.78 is 0. The fourth-order valence-electron chi connectivity index (χ4n) is 1.06. The summed E-state index contributed by atoms with van der Waals surface area (Å²) in [6.45, 7) is 0. The Balaban J connectivity index is 2.59. The van der Waals surface area contributed by atoms with Crippen molar-refractivity contribution in [1.29, 1.82) is 0 Å². The number of nitrogens with zero attached hydrogens (tertiary/aromatic N) is 1. The van der Waals surface area contributed by atoms with Gasteiger partial charge in [-0.3, -0.25) is 0 Å². The van der Waals surface area contributed by atoms with Gasteiger partial charge in [-0.25, -0.2) is 4.79 Å². The summed E-state index contributed by atoms with van der Waals surface area (Å²) in [4.78, 5) is 10.5. The molecule has 0 aromatic heterocycles. The van der Waals surface area contributed by atoms with E-state index < -0.39 is 5.97 Å². The highest BCUT2D eigenvalue weighted by molar-refractivity contribution is 5.87. The number of hydrogen-bond donors (Lipinski definition) is 2. The smallest absolute Gasteiger partial charge is 0.335 e. The Morgan fingerprint density at radius 2 is 2.00 bits per heavy atom. The SMILES string of the molecule is O=C(O)c1ccc(CC[C]=NO)cc1. The van der Waals surface area contributed by atoms with E-state index in [9.17, 15) is 4.79 Å². The predicted octanol–water partition coefficient (Wildman–Crippen LogP) is 1.65. The second-order valence-electron chi connectivity index (χ2n) is 2.76. The monoisotopic (exact) mass is 192 g/mol. The first-order chi connectivity index (χ1) is 6.74. The van der Waals surface area contributed by atoms with Gasteiger partial charge in [0, 0.05) is 0 Å². The maximum atomic E-state index is 10.5. The molecule has 1 aromatic rings. The second-order valence-corrected chi connectivity index (χ2v) is 2.76. The maximum Gasteiger partial charge on any atom is 0.335 e. The molecule has 0 amide bonds. The molecule has 0 atom stereocenters. The topological polar surface area (TPSA) is 69.9 Å². The minimum atomic E-state index is -0.931. The van der Waals surface area contributed by atoms with Crippen LogP contribution in [-0.4, -0.2) is 22.5 Å². The van der Waals surface area contributed by atoms with E-state index >= 15 is 0 Å². The van der Waals surface area contributed by atoms with Gasteiger partial charge in [0.1, 0.15) is 6.21 Å². The van der Waals surface area contributed by atoms with Crippen molar-refractivity contribution in [2.24, 2.45) is 5.16 Å². The van der Waals surface area contributed by atoms with Crippen LogP contribution < -0.4 is 0 Å². The zero-order valence-corrected chi connectivity index (χ0v) is 7.47. The van der Waals surface area contributed by atoms with Crippen LogP contribution in [0.5, 0.6) is 0 Å². The van der Waals surface area contributed by atoms with Gasteiger partial charge in [-0.05, 0) is 30.5 Å². The fraction of sp³-hybridized carbons (Fsp3) is 0.200. The summed E-state index contributed by atoms with van der Waals surface area (Å²) in [5, 5.41) is 19.5. The molecule has 0 heterocycles. The molecule has 2 N–H and O–H groups in total. The number of benzene rings is 1. The van der Waals surface area contributed by atoms with Crippen LogP contribution in [0.25, 0.3) is 0 Å². The van der Waals surface area contributed by atoms with Crippen LogP contribution in [0.15, 0.2) is 29.4 Å². The van der Waals surface area contributed by atoms with Crippen molar-refractivity contribution in [3.05, 3.63) is 35.4 Å². The molecule has 0 fully saturated rings. The normalized spacial score (nSPS) is 10.6. The summed E-state index contributed by atoms with van der Waals surface area (Å²) in [6, 6.07) is 6.58. The van der Waals surface area contributed by atoms with Gasteiger partial charge < -0.3 is 10.3 Å². The Hall–Kier alpha value is -1.84. The number of carboxylic acid groups (broad SMARTS) is 1. The molecule has 4 heteroatoms. The number of rotatable bonds is 4. The van der Waals surface area contributed by atoms with Crippen molar-refractivity contribution in [1.82, 2.24) is 0 Å². The summed E-state index contributed by atoms with van der Waals surface area (Å²) in [5.74, 6) is -0.931. The minimum absolute atomic E-state index is 0.272. The number of aromatic carboxylic acids is 1. The Labute approximate surface area is 81.5 Å². The number of aryl methyl sites for hydroxylation is 1. The zero-order chi connectivity index (χ0) is 10.4. The van der Waals surface area contributed by atoms with Crippen LogP contribution in [0.3, 0.4) is 0 Å². The molecule has 0 saturated heterocycles. The number of carbonyl (C=O) groups is 1. The molecule has 4 nitrogen and oxygen atoms in total. The van der Waals surface area contributed by atoms with E-state index in [4.69, 9.17) is 10.3 Å². The van der Waals surface area contributed by atoms with E-state index in [2.05, 4.69) is 11.4 Å². The van der Waals surface area contributed by atoms with Crippen molar-refractivity contribution < 1.29 is 15.1 Å². The zero-order valence-electron chi connectivity index (χ0n) is 7.47. The highest BCUT2D eigenvalue weighted by atomic mass is 16.4. The molecule has 1 radical (unpaired) electrons. The molecule has 0 bridgehead atoms. The van der Waals surface area contributed by atoms with E-state index in [1.807, 2.05) is 0 Å². The summed E-state index contributed by atoms with van der Waals surface area (Å²) >= 11 is 0. The molecular formula is C10H10NO3. The van der Waals surface area contributed by atoms with Crippen molar-refractivity contribution >= 4 is 12.2 Å². The maximum absolute atomic E-state index is 10.5. The third kappa shape index (κ3) is 2.90. The Kier molecular flexibility index (Phi) is 3.67. The molecule has 73 valence electrons. The lowest BCUT2D eigenvalue weighted by atomic mass is 10.1. The van der Waals surface area contributed by atoms with Crippen LogP contribution >= 0.6 is 0 Å². The molecule has 0 unspecified atom stereocenters. The van der Waals surface area contributed by atoms with Crippen LogP contribution in [0.1, 0.15) is 22.3 Å². The van der Waals surface area contributed by atoms with Gasteiger partial charge in [0.15, 0.2) is 0 Å². The van der Waals surface area contributed by atoms with Gasteiger partial charge in [-0.2, -0.15) is 0 Å². The van der Waals surface area contributed by atoms with E-state index in [0.717, 1.165) is 5.56 Å². The van der Waals surface area contributed by atoms with Gasteiger partial charge in [0.25, 0.3) is 0 Å².